The molecule has 0 saturated carbocycles. The summed E-state index contributed by atoms with van der Waals surface area (Å²) in [6.45, 7) is 0.822. The van der Waals surface area contributed by atoms with E-state index in [9.17, 15) is 0 Å². The van der Waals surface area contributed by atoms with Crippen LogP contribution < -0.4 is 14.2 Å². The molecule has 2 atom stereocenters. The molecule has 0 amide bonds. The van der Waals surface area contributed by atoms with E-state index >= 15 is 0 Å². The lowest BCUT2D eigenvalue weighted by Gasteiger charge is -2.22. The van der Waals surface area contributed by atoms with Gasteiger partial charge in [-0.1, -0.05) is 22.0 Å². The average Bonchev–Trinajstić information content (AvgIpc) is 2.98. The summed E-state index contributed by atoms with van der Waals surface area (Å²) in [5.41, 5.74) is 1.02. The molecule has 1 aromatic carbocycles. The second-order valence-electron chi connectivity index (χ2n) is 4.38. The van der Waals surface area contributed by atoms with Gasteiger partial charge >= 0.3 is 0 Å². The smallest absolute Gasteiger partial charge is 0.203 e. The second-order valence-corrected chi connectivity index (χ2v) is 5.36. The minimum Gasteiger partial charge on any atom is -0.493 e. The Morgan fingerprint density at radius 2 is 1.89 bits per heavy atom. The zero-order valence-corrected chi connectivity index (χ0v) is 13.0. The van der Waals surface area contributed by atoms with Crippen molar-refractivity contribution in [2.75, 3.05) is 27.9 Å². The maximum atomic E-state index is 5.72. The van der Waals surface area contributed by atoms with Gasteiger partial charge in [-0.15, -0.1) is 0 Å². The second kappa shape index (κ2) is 6.48. The molecule has 0 aliphatic carbocycles. The zero-order chi connectivity index (χ0) is 13.8. The van der Waals surface area contributed by atoms with Crippen LogP contribution in [0.25, 0.3) is 0 Å². The summed E-state index contributed by atoms with van der Waals surface area (Å²) >= 11 is 3.71. The third-order valence-corrected chi connectivity index (χ3v) is 4.41. The van der Waals surface area contributed by atoms with Crippen LogP contribution in [0, 0.1) is 0 Å². The molecule has 5 heteroatoms. The third kappa shape index (κ3) is 2.82. The van der Waals surface area contributed by atoms with Crippen molar-refractivity contribution in [1.29, 1.82) is 0 Å². The molecule has 1 aliphatic rings. The van der Waals surface area contributed by atoms with Crippen LogP contribution in [0.1, 0.15) is 23.2 Å². The SMILES string of the molecule is COc1ccc(C(Br)C2CCCO2)c(OC)c1OC. The Balaban J connectivity index is 2.38. The molecular weight excluding hydrogens is 312 g/mol. The van der Waals surface area contributed by atoms with E-state index in [0.29, 0.717) is 17.2 Å². The van der Waals surface area contributed by atoms with Crippen LogP contribution in [0.5, 0.6) is 17.2 Å². The fourth-order valence-electron chi connectivity index (χ4n) is 2.38. The van der Waals surface area contributed by atoms with E-state index in [2.05, 4.69) is 15.9 Å². The van der Waals surface area contributed by atoms with Gasteiger partial charge in [-0.25, -0.2) is 0 Å². The van der Waals surface area contributed by atoms with Crippen molar-refractivity contribution < 1.29 is 18.9 Å². The van der Waals surface area contributed by atoms with Gasteiger partial charge in [0.05, 0.1) is 32.3 Å². The van der Waals surface area contributed by atoms with Crippen LogP contribution in [0.3, 0.4) is 0 Å². The van der Waals surface area contributed by atoms with Crippen LogP contribution in [0.4, 0.5) is 0 Å². The lowest BCUT2D eigenvalue weighted by atomic mass is 10.0. The minimum atomic E-state index is 0.0877. The van der Waals surface area contributed by atoms with Crippen LogP contribution in [0.2, 0.25) is 0 Å². The first-order chi connectivity index (χ1) is 9.22. The lowest BCUT2D eigenvalue weighted by molar-refractivity contribution is 0.110. The van der Waals surface area contributed by atoms with Crippen molar-refractivity contribution in [3.05, 3.63) is 17.7 Å². The van der Waals surface area contributed by atoms with Gasteiger partial charge < -0.3 is 18.9 Å². The molecule has 4 nitrogen and oxygen atoms in total. The van der Waals surface area contributed by atoms with E-state index in [1.165, 1.54) is 0 Å². The molecule has 0 bridgehead atoms. The Kier molecular flexibility index (Phi) is 4.93. The first-order valence-electron chi connectivity index (χ1n) is 6.27. The number of hydrogen-bond donors (Lipinski definition) is 0. The van der Waals surface area contributed by atoms with Gasteiger partial charge in [0.1, 0.15) is 0 Å². The molecule has 1 aliphatic heterocycles. The highest BCUT2D eigenvalue weighted by Gasteiger charge is 2.29. The molecule has 1 saturated heterocycles. The van der Waals surface area contributed by atoms with Gasteiger partial charge in [0.15, 0.2) is 11.5 Å². The number of methoxy groups -OCH3 is 3. The molecule has 0 spiro atoms. The topological polar surface area (TPSA) is 36.9 Å². The standard InChI is InChI=1S/C14H19BrO4/c1-16-11-7-6-9(13(17-2)14(11)18-3)12(15)10-5-4-8-19-10/h6-7,10,12H,4-5,8H2,1-3H3. The minimum absolute atomic E-state index is 0.0877. The van der Waals surface area contributed by atoms with Crippen molar-refractivity contribution in [1.82, 2.24) is 0 Å². The molecule has 1 heterocycles. The highest BCUT2D eigenvalue weighted by molar-refractivity contribution is 9.09. The molecule has 0 radical (unpaired) electrons. The summed E-state index contributed by atoms with van der Waals surface area (Å²) in [5.74, 6) is 1.97. The van der Waals surface area contributed by atoms with Gasteiger partial charge in [-0.3, -0.25) is 0 Å². The first-order valence-corrected chi connectivity index (χ1v) is 7.19. The molecule has 0 aromatic heterocycles. The molecule has 0 N–H and O–H groups in total. The molecule has 2 unspecified atom stereocenters. The third-order valence-electron chi connectivity index (χ3n) is 3.32. The summed E-state index contributed by atoms with van der Waals surface area (Å²) in [6.07, 6.45) is 2.32. The number of ether oxygens (including phenoxy) is 4. The summed E-state index contributed by atoms with van der Waals surface area (Å²) in [4.78, 5) is 0.0877. The monoisotopic (exact) mass is 330 g/mol. The summed E-state index contributed by atoms with van der Waals surface area (Å²) < 4.78 is 21.9. The Morgan fingerprint density at radius 1 is 1.16 bits per heavy atom. The van der Waals surface area contributed by atoms with E-state index in [4.69, 9.17) is 18.9 Å². The summed E-state index contributed by atoms with van der Waals surface area (Å²) in [5, 5.41) is 0. The normalized spacial score (nSPS) is 20.1. The number of benzene rings is 1. The van der Waals surface area contributed by atoms with Crippen LogP contribution in [-0.2, 0) is 4.74 Å². The van der Waals surface area contributed by atoms with Gasteiger partial charge in [0.25, 0.3) is 0 Å². The largest absolute Gasteiger partial charge is 0.493 e. The van der Waals surface area contributed by atoms with Crippen molar-refractivity contribution in [2.24, 2.45) is 0 Å². The van der Waals surface area contributed by atoms with E-state index in [1.54, 1.807) is 21.3 Å². The van der Waals surface area contributed by atoms with Crippen molar-refractivity contribution in [2.45, 2.75) is 23.8 Å². The number of halogens is 1. The quantitative estimate of drug-likeness (QED) is 0.776. The lowest BCUT2D eigenvalue weighted by Crippen LogP contribution is -2.13. The van der Waals surface area contributed by atoms with E-state index in [-0.39, 0.29) is 10.9 Å². The highest BCUT2D eigenvalue weighted by atomic mass is 79.9. The van der Waals surface area contributed by atoms with Crippen molar-refractivity contribution in [3.8, 4) is 17.2 Å². The highest BCUT2D eigenvalue weighted by Crippen LogP contribution is 2.46. The number of rotatable bonds is 5. The van der Waals surface area contributed by atoms with Crippen LogP contribution in [0.15, 0.2) is 12.1 Å². The molecule has 2 rings (SSSR count). The molecule has 1 fully saturated rings. The fourth-order valence-corrected chi connectivity index (χ4v) is 3.15. The average molecular weight is 331 g/mol. The number of alkyl halides is 1. The maximum absolute atomic E-state index is 5.72. The Labute approximate surface area is 122 Å². The molecule has 106 valence electrons. The zero-order valence-electron chi connectivity index (χ0n) is 11.4. The van der Waals surface area contributed by atoms with Gasteiger partial charge in [-0.2, -0.15) is 0 Å². The number of hydrogen-bond acceptors (Lipinski definition) is 4. The summed E-state index contributed by atoms with van der Waals surface area (Å²) in [7, 11) is 4.86. The fraction of sp³-hybridized carbons (Fsp3) is 0.571. The van der Waals surface area contributed by atoms with E-state index in [1.807, 2.05) is 12.1 Å². The van der Waals surface area contributed by atoms with Gasteiger partial charge in [-0.05, 0) is 18.9 Å². The Hall–Kier alpha value is -0.940. The van der Waals surface area contributed by atoms with Gasteiger partial charge in [0, 0.05) is 12.2 Å². The predicted octanol–water partition coefficient (Wildman–Crippen LogP) is 3.33. The molecule has 19 heavy (non-hydrogen) atoms. The molecular formula is C14H19BrO4. The maximum Gasteiger partial charge on any atom is 0.203 e. The van der Waals surface area contributed by atoms with Crippen molar-refractivity contribution >= 4 is 15.9 Å². The van der Waals surface area contributed by atoms with Crippen LogP contribution >= 0.6 is 15.9 Å². The van der Waals surface area contributed by atoms with E-state index in [0.717, 1.165) is 25.0 Å². The summed E-state index contributed by atoms with van der Waals surface area (Å²) in [6, 6.07) is 3.88. The Bertz CT molecular complexity index is 430. The molecule has 1 aromatic rings. The van der Waals surface area contributed by atoms with Crippen LogP contribution in [-0.4, -0.2) is 34.0 Å². The van der Waals surface area contributed by atoms with Crippen molar-refractivity contribution in [3.63, 3.8) is 0 Å². The van der Waals surface area contributed by atoms with Gasteiger partial charge in [0.2, 0.25) is 5.75 Å². The predicted molar refractivity (Wildman–Crippen MR) is 76.7 cm³/mol. The van der Waals surface area contributed by atoms with E-state index < -0.39 is 0 Å². The Morgan fingerprint density at radius 3 is 2.42 bits per heavy atom. The first kappa shape index (κ1) is 14.5.